The Labute approximate surface area is 118 Å². The van der Waals surface area contributed by atoms with E-state index in [1.807, 2.05) is 20.8 Å². The molecular formula is C13H22ClN3O2. The second kappa shape index (κ2) is 6.91. The number of hydrogen-bond acceptors (Lipinski definition) is 3. The molecule has 5 nitrogen and oxygen atoms in total. The first-order valence-electron chi connectivity index (χ1n) is 6.63. The average molecular weight is 288 g/mol. The van der Waals surface area contributed by atoms with E-state index in [0.717, 1.165) is 12.1 Å². The molecule has 1 heterocycles. The third-order valence-electron chi connectivity index (χ3n) is 3.41. The van der Waals surface area contributed by atoms with Crippen LogP contribution in [0.3, 0.4) is 0 Å². The molecule has 0 saturated carbocycles. The van der Waals surface area contributed by atoms with Crippen molar-refractivity contribution in [2.24, 2.45) is 0 Å². The number of carboxylic acids is 1. The van der Waals surface area contributed by atoms with Crippen LogP contribution in [-0.2, 0) is 11.3 Å². The molecule has 0 aliphatic rings. The fourth-order valence-corrected chi connectivity index (χ4v) is 2.36. The number of nitrogens with zero attached hydrogens (tertiary/aromatic N) is 2. The highest BCUT2D eigenvalue weighted by atomic mass is 35.5. The normalized spacial score (nSPS) is 14.3. The van der Waals surface area contributed by atoms with Crippen LogP contribution in [0.4, 0.5) is 0 Å². The first kappa shape index (κ1) is 16.0. The van der Waals surface area contributed by atoms with Gasteiger partial charge in [0.1, 0.15) is 5.54 Å². The molecule has 1 atom stereocenters. The highest BCUT2D eigenvalue weighted by Gasteiger charge is 2.34. The van der Waals surface area contributed by atoms with E-state index < -0.39 is 11.5 Å². The topological polar surface area (TPSA) is 67.2 Å². The van der Waals surface area contributed by atoms with Gasteiger partial charge in [0.05, 0.1) is 10.7 Å². The maximum absolute atomic E-state index is 11.4. The van der Waals surface area contributed by atoms with Gasteiger partial charge >= 0.3 is 5.97 Å². The molecule has 0 fully saturated rings. The summed E-state index contributed by atoms with van der Waals surface area (Å²) in [6.45, 7) is 6.99. The van der Waals surface area contributed by atoms with Crippen LogP contribution in [0.1, 0.15) is 38.8 Å². The average Bonchev–Trinajstić information content (AvgIpc) is 2.67. The Morgan fingerprint density at radius 2 is 2.26 bits per heavy atom. The minimum absolute atomic E-state index is 0.565. The number of hydrogen-bond donors (Lipinski definition) is 2. The largest absolute Gasteiger partial charge is 0.480 e. The molecule has 0 aliphatic heterocycles. The molecule has 2 N–H and O–H groups in total. The smallest absolute Gasteiger partial charge is 0.323 e. The molecule has 1 unspecified atom stereocenters. The lowest BCUT2D eigenvalue weighted by Gasteiger charge is -2.29. The monoisotopic (exact) mass is 287 g/mol. The predicted octanol–water partition coefficient (Wildman–Crippen LogP) is 2.47. The van der Waals surface area contributed by atoms with Gasteiger partial charge in [0.15, 0.2) is 0 Å². The molecule has 19 heavy (non-hydrogen) atoms. The molecule has 0 amide bonds. The van der Waals surface area contributed by atoms with Gasteiger partial charge in [-0.1, -0.05) is 25.4 Å². The van der Waals surface area contributed by atoms with Gasteiger partial charge < -0.3 is 10.4 Å². The summed E-state index contributed by atoms with van der Waals surface area (Å²) in [7, 11) is 0. The molecule has 0 bridgehead atoms. The zero-order chi connectivity index (χ0) is 14.5. The Bertz CT molecular complexity index is 414. The number of halogens is 1. The van der Waals surface area contributed by atoms with E-state index in [1.54, 1.807) is 10.9 Å². The first-order valence-corrected chi connectivity index (χ1v) is 7.01. The maximum Gasteiger partial charge on any atom is 0.323 e. The fraction of sp³-hybridized carbons (Fsp3) is 0.692. The summed E-state index contributed by atoms with van der Waals surface area (Å²) in [5.74, 6) is -0.786. The van der Waals surface area contributed by atoms with Crippen molar-refractivity contribution in [2.45, 2.75) is 52.1 Å². The predicted molar refractivity (Wildman–Crippen MR) is 75.5 cm³/mol. The van der Waals surface area contributed by atoms with E-state index in [0.29, 0.717) is 31.0 Å². The molecule has 0 spiro atoms. The molecule has 1 rings (SSSR count). The number of aryl methyl sites for hydroxylation is 2. The van der Waals surface area contributed by atoms with Gasteiger partial charge in [-0.2, -0.15) is 5.10 Å². The number of likely N-dealkylation sites (N-methyl/N-ethyl adjacent to an activating group) is 1. The summed E-state index contributed by atoms with van der Waals surface area (Å²) >= 11 is 5.94. The summed E-state index contributed by atoms with van der Waals surface area (Å²) < 4.78 is 1.77. The first-order chi connectivity index (χ1) is 8.95. The Morgan fingerprint density at radius 1 is 1.58 bits per heavy atom. The summed E-state index contributed by atoms with van der Waals surface area (Å²) in [5, 5.41) is 17.4. The maximum atomic E-state index is 11.4. The molecule has 6 heteroatoms. The van der Waals surface area contributed by atoms with E-state index in [1.165, 1.54) is 0 Å². The number of carbonyl (C=O) groups is 1. The van der Waals surface area contributed by atoms with Crippen LogP contribution in [0.15, 0.2) is 6.20 Å². The van der Waals surface area contributed by atoms with Gasteiger partial charge in [0.2, 0.25) is 0 Å². The van der Waals surface area contributed by atoms with Crippen molar-refractivity contribution >= 4 is 17.6 Å². The number of rotatable bonds is 8. The van der Waals surface area contributed by atoms with Crippen molar-refractivity contribution in [3.63, 3.8) is 0 Å². The molecule has 1 aromatic rings. The highest BCUT2D eigenvalue weighted by Crippen LogP contribution is 2.19. The third-order valence-corrected chi connectivity index (χ3v) is 3.78. The highest BCUT2D eigenvalue weighted by molar-refractivity contribution is 6.31. The molecule has 1 aromatic heterocycles. The second-order valence-electron chi connectivity index (χ2n) is 4.70. The second-order valence-corrected chi connectivity index (χ2v) is 5.11. The molecule has 0 radical (unpaired) electrons. The van der Waals surface area contributed by atoms with E-state index in [-0.39, 0.29) is 0 Å². The lowest BCUT2D eigenvalue weighted by molar-refractivity contribution is -0.145. The van der Waals surface area contributed by atoms with Crippen molar-refractivity contribution in [3.05, 3.63) is 16.9 Å². The zero-order valence-electron chi connectivity index (χ0n) is 11.7. The van der Waals surface area contributed by atoms with Crippen LogP contribution in [0, 0.1) is 6.92 Å². The Balaban J connectivity index is 2.59. The lowest BCUT2D eigenvalue weighted by Crippen LogP contribution is -2.51. The molecule has 0 aromatic carbocycles. The molecular weight excluding hydrogens is 266 g/mol. The summed E-state index contributed by atoms with van der Waals surface area (Å²) in [6, 6.07) is 0. The van der Waals surface area contributed by atoms with Crippen molar-refractivity contribution in [3.8, 4) is 0 Å². The van der Waals surface area contributed by atoms with Gasteiger partial charge in [0.25, 0.3) is 0 Å². The van der Waals surface area contributed by atoms with Crippen LogP contribution in [0.5, 0.6) is 0 Å². The van der Waals surface area contributed by atoms with E-state index in [4.69, 9.17) is 11.6 Å². The van der Waals surface area contributed by atoms with Crippen molar-refractivity contribution in [1.82, 2.24) is 15.1 Å². The van der Waals surface area contributed by atoms with Crippen molar-refractivity contribution in [2.75, 3.05) is 6.54 Å². The van der Waals surface area contributed by atoms with E-state index >= 15 is 0 Å². The Kier molecular flexibility index (Phi) is 5.82. The summed E-state index contributed by atoms with van der Waals surface area (Å²) in [6.07, 6.45) is 3.65. The molecule has 0 aliphatic carbocycles. The molecule has 0 saturated heterocycles. The Morgan fingerprint density at radius 3 is 2.68 bits per heavy atom. The van der Waals surface area contributed by atoms with Gasteiger partial charge in [0, 0.05) is 12.7 Å². The van der Waals surface area contributed by atoms with E-state index in [2.05, 4.69) is 10.4 Å². The Hall–Kier alpha value is -1.07. The number of carboxylic acid groups (broad SMARTS) is 1. The van der Waals surface area contributed by atoms with Gasteiger partial charge in [-0.3, -0.25) is 9.48 Å². The number of nitrogens with one attached hydrogen (secondary N) is 1. The van der Waals surface area contributed by atoms with Gasteiger partial charge in [-0.05, 0) is 32.7 Å². The number of aromatic nitrogens is 2. The van der Waals surface area contributed by atoms with Crippen LogP contribution in [0.2, 0.25) is 5.02 Å². The lowest BCUT2D eigenvalue weighted by atomic mass is 9.90. The standard InChI is InChI=1S/C13H22ClN3O2/c1-4-13(12(18)19,15-5-2)7-6-8-17-9-11(14)10(3)16-17/h9,15H,4-8H2,1-3H3,(H,18,19). The SMILES string of the molecule is CCNC(CC)(CCCn1cc(Cl)c(C)n1)C(=O)O. The summed E-state index contributed by atoms with van der Waals surface area (Å²) in [5.41, 5.74) is -0.0332. The van der Waals surface area contributed by atoms with Gasteiger partial charge in [-0.25, -0.2) is 0 Å². The molecule has 108 valence electrons. The minimum Gasteiger partial charge on any atom is -0.480 e. The zero-order valence-corrected chi connectivity index (χ0v) is 12.5. The van der Waals surface area contributed by atoms with Crippen LogP contribution < -0.4 is 5.32 Å². The fourth-order valence-electron chi connectivity index (χ4n) is 2.21. The van der Waals surface area contributed by atoms with Crippen molar-refractivity contribution < 1.29 is 9.90 Å². The van der Waals surface area contributed by atoms with Crippen LogP contribution in [0.25, 0.3) is 0 Å². The van der Waals surface area contributed by atoms with Crippen LogP contribution >= 0.6 is 11.6 Å². The van der Waals surface area contributed by atoms with Crippen LogP contribution in [-0.4, -0.2) is 32.9 Å². The summed E-state index contributed by atoms with van der Waals surface area (Å²) in [4.78, 5) is 11.4. The minimum atomic E-state index is -0.833. The third kappa shape index (κ3) is 3.94. The number of aliphatic carboxylic acids is 1. The quantitative estimate of drug-likeness (QED) is 0.771. The van der Waals surface area contributed by atoms with Crippen molar-refractivity contribution in [1.29, 1.82) is 0 Å². The van der Waals surface area contributed by atoms with Gasteiger partial charge in [-0.15, -0.1) is 0 Å². The van der Waals surface area contributed by atoms with E-state index in [9.17, 15) is 9.90 Å².